The highest BCUT2D eigenvalue weighted by Crippen LogP contribution is 2.19. The van der Waals surface area contributed by atoms with Crippen molar-refractivity contribution >= 4 is 9.84 Å². The first-order chi connectivity index (χ1) is 8.87. The van der Waals surface area contributed by atoms with Crippen molar-refractivity contribution in [3.8, 4) is 0 Å². The van der Waals surface area contributed by atoms with E-state index in [-0.39, 0.29) is 0 Å². The van der Waals surface area contributed by atoms with Crippen LogP contribution in [-0.4, -0.2) is 57.0 Å². The fourth-order valence-electron chi connectivity index (χ4n) is 2.79. The highest BCUT2D eigenvalue weighted by molar-refractivity contribution is 7.90. The standard InChI is InChI=1S/C14H30N2O2S/c1-5-12(3)14-10-15-13(6-2)11-16(14)8-7-9-19(4,17)18/h12-15H,5-11H2,1-4H3. The summed E-state index contributed by atoms with van der Waals surface area (Å²) in [6.45, 7) is 9.71. The van der Waals surface area contributed by atoms with Gasteiger partial charge in [-0.3, -0.25) is 4.90 Å². The lowest BCUT2D eigenvalue weighted by atomic mass is 9.94. The molecule has 0 aromatic heterocycles. The van der Waals surface area contributed by atoms with Crippen molar-refractivity contribution < 1.29 is 8.42 Å². The Balaban J connectivity index is 2.55. The summed E-state index contributed by atoms with van der Waals surface area (Å²) < 4.78 is 22.5. The minimum absolute atomic E-state index is 0.306. The highest BCUT2D eigenvalue weighted by atomic mass is 32.2. The predicted molar refractivity (Wildman–Crippen MR) is 81.2 cm³/mol. The Morgan fingerprint density at radius 3 is 2.58 bits per heavy atom. The molecule has 3 atom stereocenters. The van der Waals surface area contributed by atoms with E-state index in [2.05, 4.69) is 31.0 Å². The SMILES string of the molecule is CCC1CN(CCCS(C)(=O)=O)C(C(C)CC)CN1. The van der Waals surface area contributed by atoms with Gasteiger partial charge in [-0.2, -0.15) is 0 Å². The molecule has 0 bridgehead atoms. The number of nitrogens with zero attached hydrogens (tertiary/aromatic N) is 1. The summed E-state index contributed by atoms with van der Waals surface area (Å²) in [4.78, 5) is 2.50. The molecule has 19 heavy (non-hydrogen) atoms. The van der Waals surface area contributed by atoms with Gasteiger partial charge in [-0.25, -0.2) is 8.42 Å². The Hall–Kier alpha value is -0.130. The fraction of sp³-hybridized carbons (Fsp3) is 1.00. The monoisotopic (exact) mass is 290 g/mol. The van der Waals surface area contributed by atoms with Crippen molar-refractivity contribution in [1.82, 2.24) is 10.2 Å². The zero-order valence-corrected chi connectivity index (χ0v) is 13.7. The minimum atomic E-state index is -2.83. The molecule has 114 valence electrons. The van der Waals surface area contributed by atoms with Crippen LogP contribution in [0.4, 0.5) is 0 Å². The zero-order chi connectivity index (χ0) is 14.5. The molecule has 1 N–H and O–H groups in total. The van der Waals surface area contributed by atoms with Crippen LogP contribution >= 0.6 is 0 Å². The Morgan fingerprint density at radius 2 is 2.05 bits per heavy atom. The van der Waals surface area contributed by atoms with Crippen LogP contribution in [0.3, 0.4) is 0 Å². The van der Waals surface area contributed by atoms with Crippen molar-refractivity contribution in [2.75, 3.05) is 31.6 Å². The molecule has 0 saturated carbocycles. The molecule has 0 radical (unpaired) electrons. The van der Waals surface area contributed by atoms with Crippen LogP contribution in [0.5, 0.6) is 0 Å². The molecular weight excluding hydrogens is 260 g/mol. The van der Waals surface area contributed by atoms with Crippen LogP contribution in [0.2, 0.25) is 0 Å². The average Bonchev–Trinajstić information content (AvgIpc) is 2.36. The predicted octanol–water partition coefficient (Wildman–Crippen LogP) is 1.52. The first-order valence-corrected chi connectivity index (χ1v) is 9.58. The molecule has 3 unspecified atom stereocenters. The van der Waals surface area contributed by atoms with E-state index in [4.69, 9.17) is 0 Å². The van der Waals surface area contributed by atoms with E-state index in [9.17, 15) is 8.42 Å². The lowest BCUT2D eigenvalue weighted by molar-refractivity contribution is 0.0907. The number of piperazine rings is 1. The van der Waals surface area contributed by atoms with Crippen LogP contribution in [0, 0.1) is 5.92 Å². The largest absolute Gasteiger partial charge is 0.311 e. The number of hydrogen-bond acceptors (Lipinski definition) is 4. The first kappa shape index (κ1) is 16.9. The summed E-state index contributed by atoms with van der Waals surface area (Å²) in [5.41, 5.74) is 0. The Bertz CT molecular complexity index is 356. The fourth-order valence-corrected chi connectivity index (χ4v) is 3.45. The van der Waals surface area contributed by atoms with Crippen LogP contribution < -0.4 is 5.32 Å². The van der Waals surface area contributed by atoms with Crippen LogP contribution in [0.25, 0.3) is 0 Å². The first-order valence-electron chi connectivity index (χ1n) is 7.52. The van der Waals surface area contributed by atoms with Gasteiger partial charge in [0, 0.05) is 31.4 Å². The van der Waals surface area contributed by atoms with Crippen molar-refractivity contribution in [1.29, 1.82) is 0 Å². The molecule has 1 fully saturated rings. The summed E-state index contributed by atoms with van der Waals surface area (Å²) >= 11 is 0. The van der Waals surface area contributed by atoms with Gasteiger partial charge < -0.3 is 5.32 Å². The zero-order valence-electron chi connectivity index (χ0n) is 12.9. The molecule has 1 saturated heterocycles. The number of rotatable bonds is 7. The Kier molecular flexibility index (Phi) is 6.77. The number of nitrogens with one attached hydrogen (secondary N) is 1. The van der Waals surface area contributed by atoms with Gasteiger partial charge in [-0.05, 0) is 25.3 Å². The number of sulfone groups is 1. The third-order valence-corrected chi connectivity index (χ3v) is 5.32. The molecule has 0 spiro atoms. The Labute approximate surface area is 118 Å². The molecule has 1 aliphatic heterocycles. The summed E-state index contributed by atoms with van der Waals surface area (Å²) in [5, 5.41) is 3.61. The van der Waals surface area contributed by atoms with Gasteiger partial charge in [0.05, 0.1) is 5.75 Å². The molecule has 0 aromatic rings. The second-order valence-electron chi connectivity index (χ2n) is 5.94. The van der Waals surface area contributed by atoms with Gasteiger partial charge in [-0.1, -0.05) is 27.2 Å². The maximum atomic E-state index is 11.2. The van der Waals surface area contributed by atoms with Crippen molar-refractivity contribution in [3.63, 3.8) is 0 Å². The van der Waals surface area contributed by atoms with E-state index in [1.54, 1.807) is 0 Å². The van der Waals surface area contributed by atoms with E-state index in [0.29, 0.717) is 23.8 Å². The molecular formula is C14H30N2O2S. The van der Waals surface area contributed by atoms with E-state index in [1.807, 2.05) is 0 Å². The molecule has 4 nitrogen and oxygen atoms in total. The van der Waals surface area contributed by atoms with Crippen LogP contribution in [0.1, 0.15) is 40.0 Å². The average molecular weight is 290 g/mol. The molecule has 0 amide bonds. The topological polar surface area (TPSA) is 49.4 Å². The van der Waals surface area contributed by atoms with Gasteiger partial charge in [0.2, 0.25) is 0 Å². The van der Waals surface area contributed by atoms with Gasteiger partial charge in [0.1, 0.15) is 9.84 Å². The summed E-state index contributed by atoms with van der Waals surface area (Å²) in [6, 6.07) is 1.10. The smallest absolute Gasteiger partial charge is 0.147 e. The third-order valence-electron chi connectivity index (χ3n) is 4.29. The number of hydrogen-bond donors (Lipinski definition) is 1. The quantitative estimate of drug-likeness (QED) is 0.772. The summed E-state index contributed by atoms with van der Waals surface area (Å²) in [6.07, 6.45) is 4.38. The van der Waals surface area contributed by atoms with Crippen LogP contribution in [0.15, 0.2) is 0 Å². The van der Waals surface area contributed by atoms with Gasteiger partial charge in [-0.15, -0.1) is 0 Å². The third kappa shape index (κ3) is 5.79. The van der Waals surface area contributed by atoms with Crippen LogP contribution in [-0.2, 0) is 9.84 Å². The lowest BCUT2D eigenvalue weighted by Gasteiger charge is -2.43. The van der Waals surface area contributed by atoms with Gasteiger partial charge >= 0.3 is 0 Å². The van der Waals surface area contributed by atoms with Gasteiger partial charge in [0.15, 0.2) is 0 Å². The van der Waals surface area contributed by atoms with Crippen molar-refractivity contribution in [2.45, 2.75) is 52.1 Å². The summed E-state index contributed by atoms with van der Waals surface area (Å²) in [5.74, 6) is 0.963. The second kappa shape index (κ2) is 7.60. The van der Waals surface area contributed by atoms with Gasteiger partial charge in [0.25, 0.3) is 0 Å². The van der Waals surface area contributed by atoms with E-state index in [0.717, 1.165) is 32.5 Å². The molecule has 1 heterocycles. The van der Waals surface area contributed by atoms with E-state index < -0.39 is 9.84 Å². The molecule has 1 aliphatic rings. The van der Waals surface area contributed by atoms with Crippen molar-refractivity contribution in [2.24, 2.45) is 5.92 Å². The molecule has 0 aromatic carbocycles. The molecule has 5 heteroatoms. The highest BCUT2D eigenvalue weighted by Gasteiger charge is 2.29. The van der Waals surface area contributed by atoms with E-state index >= 15 is 0 Å². The minimum Gasteiger partial charge on any atom is -0.311 e. The molecule has 0 aliphatic carbocycles. The second-order valence-corrected chi connectivity index (χ2v) is 8.20. The lowest BCUT2D eigenvalue weighted by Crippen LogP contribution is -2.58. The summed E-state index contributed by atoms with van der Waals surface area (Å²) in [7, 11) is -2.83. The maximum absolute atomic E-state index is 11.2. The van der Waals surface area contributed by atoms with Crippen molar-refractivity contribution in [3.05, 3.63) is 0 Å². The maximum Gasteiger partial charge on any atom is 0.147 e. The molecule has 1 rings (SSSR count). The normalized spacial score (nSPS) is 27.4. The Morgan fingerprint density at radius 1 is 1.37 bits per heavy atom. The van der Waals surface area contributed by atoms with E-state index in [1.165, 1.54) is 12.7 Å².